The fraction of sp³-hybridized carbons (Fsp3) is 0.438. The molecular formula is C16H22N4O3. The first-order chi connectivity index (χ1) is 10.9. The zero-order valence-electron chi connectivity index (χ0n) is 13.9. The van der Waals surface area contributed by atoms with Gasteiger partial charge in [0.25, 0.3) is 0 Å². The van der Waals surface area contributed by atoms with Crippen molar-refractivity contribution >= 4 is 18.3 Å². The lowest BCUT2D eigenvalue weighted by Gasteiger charge is -2.36. The van der Waals surface area contributed by atoms with Gasteiger partial charge in [0.05, 0.1) is 26.4 Å². The Labute approximate surface area is 136 Å². The Kier molecular flexibility index (Phi) is 5.20. The molecule has 0 spiro atoms. The zero-order chi connectivity index (χ0) is 17.0. The third-order valence-electron chi connectivity index (χ3n) is 3.61. The summed E-state index contributed by atoms with van der Waals surface area (Å²) in [6.45, 7) is 0.246. The van der Waals surface area contributed by atoms with Gasteiger partial charge < -0.3 is 14.5 Å². The van der Waals surface area contributed by atoms with Crippen LogP contribution in [-0.4, -0.2) is 67.4 Å². The van der Waals surface area contributed by atoms with Crippen molar-refractivity contribution in [1.82, 2.24) is 14.7 Å². The molecule has 1 aromatic rings. The molecule has 0 bridgehead atoms. The van der Waals surface area contributed by atoms with Crippen molar-refractivity contribution in [3.05, 3.63) is 29.8 Å². The largest absolute Gasteiger partial charge is 0.497 e. The van der Waals surface area contributed by atoms with E-state index in [4.69, 9.17) is 4.74 Å². The number of aliphatic imine (C=N–C) groups is 1. The highest BCUT2D eigenvalue weighted by Crippen LogP contribution is 2.20. The van der Waals surface area contributed by atoms with Gasteiger partial charge in [0.1, 0.15) is 11.9 Å². The van der Waals surface area contributed by atoms with Crippen LogP contribution < -0.4 is 4.74 Å². The number of hydrogen-bond acceptors (Lipinski definition) is 4. The summed E-state index contributed by atoms with van der Waals surface area (Å²) in [4.78, 5) is 33.5. The van der Waals surface area contributed by atoms with Gasteiger partial charge in [-0.05, 0) is 17.7 Å². The molecule has 0 aromatic heterocycles. The van der Waals surface area contributed by atoms with Gasteiger partial charge in [0.15, 0.2) is 0 Å². The molecule has 1 atom stereocenters. The second-order valence-electron chi connectivity index (χ2n) is 5.63. The molecule has 0 saturated carbocycles. The van der Waals surface area contributed by atoms with E-state index in [1.165, 1.54) is 9.80 Å². The van der Waals surface area contributed by atoms with Crippen molar-refractivity contribution in [2.24, 2.45) is 4.99 Å². The molecule has 1 aliphatic rings. The molecule has 2 rings (SSSR count). The van der Waals surface area contributed by atoms with Crippen molar-refractivity contribution in [1.29, 1.82) is 0 Å². The van der Waals surface area contributed by atoms with Crippen LogP contribution in [0.2, 0.25) is 0 Å². The van der Waals surface area contributed by atoms with Crippen LogP contribution in [0.25, 0.3) is 0 Å². The number of hydrogen-bond donors (Lipinski definition) is 0. The number of imide groups is 1. The first-order valence-corrected chi connectivity index (χ1v) is 7.32. The first kappa shape index (κ1) is 16.8. The van der Waals surface area contributed by atoms with Gasteiger partial charge >= 0.3 is 6.03 Å². The quantitative estimate of drug-likeness (QED) is 0.608. The second kappa shape index (κ2) is 7.13. The maximum atomic E-state index is 12.4. The van der Waals surface area contributed by atoms with Crippen LogP contribution in [0.4, 0.5) is 4.79 Å². The molecule has 7 heteroatoms. The van der Waals surface area contributed by atoms with Crippen LogP contribution in [0, 0.1) is 0 Å². The minimum absolute atomic E-state index is 0.183. The van der Waals surface area contributed by atoms with Crippen LogP contribution in [0.5, 0.6) is 5.75 Å². The molecule has 1 heterocycles. The summed E-state index contributed by atoms with van der Waals surface area (Å²) in [5.41, 5.74) is 0.871. The number of rotatable bonds is 5. The van der Waals surface area contributed by atoms with Gasteiger partial charge in [-0.3, -0.25) is 14.7 Å². The minimum atomic E-state index is -0.454. The van der Waals surface area contributed by atoms with Gasteiger partial charge in [0, 0.05) is 21.1 Å². The Balaban J connectivity index is 2.09. The molecule has 23 heavy (non-hydrogen) atoms. The van der Waals surface area contributed by atoms with Crippen LogP contribution in [0.3, 0.4) is 0 Å². The standard InChI is InChI=1S/C16H22N4O3/c1-18(2)11-17-14-9-15(21)20(16(22)19(14)3)10-12-5-7-13(23-4)8-6-12/h5-8,11,14H,9-10H2,1-4H3. The predicted molar refractivity (Wildman–Crippen MR) is 87.3 cm³/mol. The van der Waals surface area contributed by atoms with E-state index in [9.17, 15) is 9.59 Å². The van der Waals surface area contributed by atoms with E-state index in [2.05, 4.69) is 4.99 Å². The number of methoxy groups -OCH3 is 1. The van der Waals surface area contributed by atoms with Crippen LogP contribution >= 0.6 is 0 Å². The van der Waals surface area contributed by atoms with E-state index >= 15 is 0 Å². The Bertz CT molecular complexity index is 598. The maximum absolute atomic E-state index is 12.4. The van der Waals surface area contributed by atoms with Gasteiger partial charge in [0.2, 0.25) is 5.91 Å². The predicted octanol–water partition coefficient (Wildman–Crippen LogP) is 1.40. The fourth-order valence-corrected chi connectivity index (χ4v) is 2.26. The van der Waals surface area contributed by atoms with Gasteiger partial charge in [-0.25, -0.2) is 4.79 Å². The highest BCUT2D eigenvalue weighted by atomic mass is 16.5. The lowest BCUT2D eigenvalue weighted by Crippen LogP contribution is -2.54. The molecule has 0 aliphatic carbocycles. The number of carbonyl (C=O) groups is 2. The number of benzene rings is 1. The number of carbonyl (C=O) groups excluding carboxylic acids is 2. The van der Waals surface area contributed by atoms with Crippen LogP contribution in [0.15, 0.2) is 29.3 Å². The molecule has 7 nitrogen and oxygen atoms in total. The third kappa shape index (κ3) is 4.00. The molecule has 1 unspecified atom stereocenters. The van der Waals surface area contributed by atoms with Crippen molar-refractivity contribution < 1.29 is 14.3 Å². The second-order valence-corrected chi connectivity index (χ2v) is 5.63. The van der Waals surface area contributed by atoms with E-state index < -0.39 is 6.17 Å². The van der Waals surface area contributed by atoms with E-state index in [0.717, 1.165) is 11.3 Å². The van der Waals surface area contributed by atoms with E-state index in [-0.39, 0.29) is 24.9 Å². The summed E-state index contributed by atoms with van der Waals surface area (Å²) in [6, 6.07) is 6.97. The van der Waals surface area contributed by atoms with Crippen molar-refractivity contribution in [3.8, 4) is 5.75 Å². The number of ether oxygens (including phenoxy) is 1. The molecule has 1 aliphatic heterocycles. The molecule has 3 amide bonds. The summed E-state index contributed by atoms with van der Waals surface area (Å²) in [6.07, 6.45) is 1.34. The molecule has 1 fully saturated rings. The normalized spacial score (nSPS) is 18.7. The first-order valence-electron chi connectivity index (χ1n) is 7.32. The highest BCUT2D eigenvalue weighted by molar-refractivity contribution is 5.97. The van der Waals surface area contributed by atoms with E-state index in [0.29, 0.717) is 0 Å². The molecule has 124 valence electrons. The van der Waals surface area contributed by atoms with Gasteiger partial charge in [-0.15, -0.1) is 0 Å². The smallest absolute Gasteiger partial charge is 0.328 e. The Hall–Kier alpha value is -2.57. The number of urea groups is 1. The average Bonchev–Trinajstić information content (AvgIpc) is 2.54. The molecular weight excluding hydrogens is 296 g/mol. The lowest BCUT2D eigenvalue weighted by molar-refractivity contribution is -0.132. The summed E-state index contributed by atoms with van der Waals surface area (Å²) in [5.74, 6) is 0.519. The van der Waals surface area contributed by atoms with E-state index in [1.54, 1.807) is 25.4 Å². The molecule has 1 aromatic carbocycles. The number of amides is 3. The molecule has 1 saturated heterocycles. The summed E-state index contributed by atoms with van der Waals surface area (Å²) < 4.78 is 5.10. The van der Waals surface area contributed by atoms with Crippen LogP contribution in [-0.2, 0) is 11.3 Å². The topological polar surface area (TPSA) is 65.5 Å². The van der Waals surface area contributed by atoms with Gasteiger partial charge in [-0.1, -0.05) is 12.1 Å². The SMILES string of the molecule is COc1ccc(CN2C(=O)CC(N=CN(C)C)N(C)C2=O)cc1. The van der Waals surface area contributed by atoms with Crippen molar-refractivity contribution in [3.63, 3.8) is 0 Å². The zero-order valence-corrected chi connectivity index (χ0v) is 13.9. The Morgan fingerprint density at radius 3 is 2.52 bits per heavy atom. The summed E-state index contributed by atoms with van der Waals surface area (Å²) >= 11 is 0. The summed E-state index contributed by atoms with van der Waals surface area (Å²) in [5, 5.41) is 0. The third-order valence-corrected chi connectivity index (χ3v) is 3.61. The Morgan fingerprint density at radius 1 is 1.30 bits per heavy atom. The van der Waals surface area contributed by atoms with E-state index in [1.807, 2.05) is 38.4 Å². The highest BCUT2D eigenvalue weighted by Gasteiger charge is 2.36. The maximum Gasteiger partial charge on any atom is 0.328 e. The Morgan fingerprint density at radius 2 is 1.96 bits per heavy atom. The minimum Gasteiger partial charge on any atom is -0.497 e. The van der Waals surface area contributed by atoms with Crippen molar-refractivity contribution in [2.75, 3.05) is 28.3 Å². The molecule has 0 radical (unpaired) electrons. The van der Waals surface area contributed by atoms with Crippen LogP contribution in [0.1, 0.15) is 12.0 Å². The fourth-order valence-electron chi connectivity index (χ4n) is 2.26. The molecule has 0 N–H and O–H groups in total. The average molecular weight is 318 g/mol. The lowest BCUT2D eigenvalue weighted by atomic mass is 10.1. The van der Waals surface area contributed by atoms with Gasteiger partial charge in [-0.2, -0.15) is 0 Å². The van der Waals surface area contributed by atoms with Crippen molar-refractivity contribution in [2.45, 2.75) is 19.1 Å². The number of nitrogens with zero attached hydrogens (tertiary/aromatic N) is 4. The monoisotopic (exact) mass is 318 g/mol. The summed E-state index contributed by atoms with van der Waals surface area (Å²) in [7, 11) is 6.93.